The van der Waals surface area contributed by atoms with Gasteiger partial charge in [0.25, 0.3) is 0 Å². The van der Waals surface area contributed by atoms with E-state index in [1.54, 1.807) is 17.5 Å². The summed E-state index contributed by atoms with van der Waals surface area (Å²) in [7, 11) is 0. The highest BCUT2D eigenvalue weighted by atomic mass is 32.1. The first-order valence-corrected chi connectivity index (χ1v) is 7.15. The van der Waals surface area contributed by atoms with Gasteiger partial charge < -0.3 is 5.32 Å². The maximum atomic E-state index is 3.96. The number of hydrogen-bond acceptors (Lipinski definition) is 3. The molecule has 96 valence electrons. The van der Waals surface area contributed by atoms with Crippen LogP contribution in [0.1, 0.15) is 18.5 Å². The van der Waals surface area contributed by atoms with Crippen molar-refractivity contribution in [3.05, 3.63) is 58.9 Å². The van der Waals surface area contributed by atoms with Gasteiger partial charge in [-0.15, -0.1) is 0 Å². The van der Waals surface area contributed by atoms with Gasteiger partial charge in [-0.1, -0.05) is 12.1 Å². The van der Waals surface area contributed by atoms with Crippen LogP contribution in [0.25, 0.3) is 11.3 Å². The Morgan fingerprint density at radius 2 is 2.00 bits per heavy atom. The number of aromatic amines is 1. The maximum absolute atomic E-state index is 3.96. The van der Waals surface area contributed by atoms with E-state index >= 15 is 0 Å². The number of nitrogens with zero attached hydrogens (tertiary/aromatic N) is 1. The van der Waals surface area contributed by atoms with Gasteiger partial charge in [0.15, 0.2) is 0 Å². The van der Waals surface area contributed by atoms with Crippen LogP contribution in [0.4, 0.5) is 5.69 Å². The lowest BCUT2D eigenvalue weighted by molar-refractivity contribution is 0.891. The quantitative estimate of drug-likeness (QED) is 0.741. The summed E-state index contributed by atoms with van der Waals surface area (Å²) in [5.41, 5.74) is 4.63. The molecule has 1 aromatic carbocycles. The lowest BCUT2D eigenvalue weighted by Gasteiger charge is -2.14. The second-order valence-electron chi connectivity index (χ2n) is 4.47. The highest BCUT2D eigenvalue weighted by molar-refractivity contribution is 7.07. The predicted molar refractivity (Wildman–Crippen MR) is 80.4 cm³/mol. The van der Waals surface area contributed by atoms with Crippen molar-refractivity contribution in [2.45, 2.75) is 13.0 Å². The average Bonchev–Trinajstić information content (AvgIpc) is 3.13. The molecular weight excluding hydrogens is 254 g/mol. The van der Waals surface area contributed by atoms with Crippen molar-refractivity contribution in [3.63, 3.8) is 0 Å². The smallest absolute Gasteiger partial charge is 0.0650 e. The van der Waals surface area contributed by atoms with Gasteiger partial charge in [0.2, 0.25) is 0 Å². The molecule has 0 aliphatic carbocycles. The molecule has 3 rings (SSSR count). The van der Waals surface area contributed by atoms with Gasteiger partial charge >= 0.3 is 0 Å². The molecule has 1 atom stereocenters. The second-order valence-corrected chi connectivity index (χ2v) is 5.25. The molecule has 0 fully saturated rings. The number of anilines is 1. The van der Waals surface area contributed by atoms with Crippen molar-refractivity contribution in [1.82, 2.24) is 10.2 Å². The Labute approximate surface area is 116 Å². The van der Waals surface area contributed by atoms with Gasteiger partial charge in [0, 0.05) is 17.9 Å². The van der Waals surface area contributed by atoms with E-state index in [1.165, 1.54) is 5.56 Å². The largest absolute Gasteiger partial charge is 0.378 e. The van der Waals surface area contributed by atoms with Crippen LogP contribution < -0.4 is 5.32 Å². The van der Waals surface area contributed by atoms with Crippen molar-refractivity contribution in [3.8, 4) is 11.3 Å². The van der Waals surface area contributed by atoms with E-state index in [1.807, 2.05) is 6.07 Å². The number of benzene rings is 1. The van der Waals surface area contributed by atoms with Crippen molar-refractivity contribution in [2.75, 3.05) is 5.32 Å². The van der Waals surface area contributed by atoms with Crippen LogP contribution in [-0.4, -0.2) is 10.2 Å². The molecule has 4 heteroatoms. The molecular formula is C15H15N3S. The van der Waals surface area contributed by atoms with Crippen molar-refractivity contribution >= 4 is 17.0 Å². The van der Waals surface area contributed by atoms with Crippen LogP contribution >= 0.6 is 11.3 Å². The molecule has 2 aromatic heterocycles. The summed E-state index contributed by atoms with van der Waals surface area (Å²) in [5.74, 6) is 0. The lowest BCUT2D eigenvalue weighted by Crippen LogP contribution is -2.05. The van der Waals surface area contributed by atoms with E-state index in [-0.39, 0.29) is 0 Å². The zero-order chi connectivity index (χ0) is 13.1. The van der Waals surface area contributed by atoms with Gasteiger partial charge in [0.05, 0.1) is 5.69 Å². The van der Waals surface area contributed by atoms with Crippen LogP contribution in [0.15, 0.2) is 53.4 Å². The molecule has 0 saturated heterocycles. The summed E-state index contributed by atoms with van der Waals surface area (Å²) in [6, 6.07) is 12.8. The monoisotopic (exact) mass is 269 g/mol. The Balaban J connectivity index is 1.73. The summed E-state index contributed by atoms with van der Waals surface area (Å²) < 4.78 is 0. The second kappa shape index (κ2) is 5.28. The Kier molecular flexibility index (Phi) is 3.33. The Hall–Kier alpha value is -2.07. The summed E-state index contributed by atoms with van der Waals surface area (Å²) in [6.07, 6.45) is 1.76. The van der Waals surface area contributed by atoms with Gasteiger partial charge in [-0.2, -0.15) is 16.4 Å². The van der Waals surface area contributed by atoms with Crippen LogP contribution in [0, 0.1) is 0 Å². The summed E-state index contributed by atoms with van der Waals surface area (Å²) in [5, 5.41) is 14.7. The third-order valence-electron chi connectivity index (χ3n) is 3.12. The molecule has 19 heavy (non-hydrogen) atoms. The lowest BCUT2D eigenvalue weighted by atomic mass is 10.1. The van der Waals surface area contributed by atoms with Crippen LogP contribution in [0.5, 0.6) is 0 Å². The Morgan fingerprint density at radius 1 is 1.16 bits per heavy atom. The molecule has 1 unspecified atom stereocenters. The van der Waals surface area contributed by atoms with Crippen molar-refractivity contribution < 1.29 is 0 Å². The fourth-order valence-electron chi connectivity index (χ4n) is 2.02. The molecule has 0 saturated carbocycles. The first-order valence-electron chi connectivity index (χ1n) is 6.21. The minimum absolute atomic E-state index is 0.323. The minimum atomic E-state index is 0.323. The van der Waals surface area contributed by atoms with Crippen LogP contribution in [0.2, 0.25) is 0 Å². The topological polar surface area (TPSA) is 40.7 Å². The molecule has 2 heterocycles. The zero-order valence-corrected chi connectivity index (χ0v) is 11.4. The number of nitrogens with one attached hydrogen (secondary N) is 2. The third-order valence-corrected chi connectivity index (χ3v) is 3.82. The van der Waals surface area contributed by atoms with Crippen LogP contribution in [0.3, 0.4) is 0 Å². The molecule has 3 aromatic rings. The van der Waals surface area contributed by atoms with Gasteiger partial charge in [-0.05, 0) is 53.1 Å². The highest BCUT2D eigenvalue weighted by Crippen LogP contribution is 2.23. The first kappa shape index (κ1) is 12.0. The minimum Gasteiger partial charge on any atom is -0.378 e. The van der Waals surface area contributed by atoms with Crippen molar-refractivity contribution in [1.29, 1.82) is 0 Å². The summed E-state index contributed by atoms with van der Waals surface area (Å²) >= 11 is 1.73. The Bertz CT molecular complexity index is 612. The SMILES string of the molecule is CC(Nc1ccc(-c2ccn[nH]2)cc1)c1ccsc1. The number of aromatic nitrogens is 2. The predicted octanol–water partition coefficient (Wildman–Crippen LogP) is 4.31. The fourth-order valence-corrected chi connectivity index (χ4v) is 2.77. The standard InChI is InChI=1S/C15H15N3S/c1-11(13-7-9-19-10-13)17-14-4-2-12(3-5-14)15-6-8-16-18-15/h2-11,17H,1H3,(H,16,18). The summed E-state index contributed by atoms with van der Waals surface area (Å²) in [4.78, 5) is 0. The van der Waals surface area contributed by atoms with E-state index in [0.717, 1.165) is 16.9 Å². The number of rotatable bonds is 4. The molecule has 0 aliphatic rings. The van der Waals surface area contributed by atoms with E-state index in [2.05, 4.69) is 63.5 Å². The molecule has 0 bridgehead atoms. The molecule has 0 radical (unpaired) electrons. The normalized spacial score (nSPS) is 12.3. The fraction of sp³-hybridized carbons (Fsp3) is 0.133. The molecule has 0 amide bonds. The molecule has 3 nitrogen and oxygen atoms in total. The zero-order valence-electron chi connectivity index (χ0n) is 10.6. The van der Waals surface area contributed by atoms with E-state index in [0.29, 0.717) is 6.04 Å². The molecule has 2 N–H and O–H groups in total. The van der Waals surface area contributed by atoms with Gasteiger partial charge in [-0.25, -0.2) is 0 Å². The summed E-state index contributed by atoms with van der Waals surface area (Å²) in [6.45, 7) is 2.17. The van der Waals surface area contributed by atoms with E-state index in [4.69, 9.17) is 0 Å². The number of thiophene rings is 1. The molecule has 0 aliphatic heterocycles. The van der Waals surface area contributed by atoms with Crippen LogP contribution in [-0.2, 0) is 0 Å². The van der Waals surface area contributed by atoms with Gasteiger partial charge in [-0.3, -0.25) is 5.10 Å². The molecule has 0 spiro atoms. The average molecular weight is 269 g/mol. The van der Waals surface area contributed by atoms with Crippen molar-refractivity contribution in [2.24, 2.45) is 0 Å². The van der Waals surface area contributed by atoms with E-state index < -0.39 is 0 Å². The number of H-pyrrole nitrogens is 1. The highest BCUT2D eigenvalue weighted by Gasteiger charge is 2.05. The number of hydrogen-bond donors (Lipinski definition) is 2. The van der Waals surface area contributed by atoms with E-state index in [9.17, 15) is 0 Å². The maximum Gasteiger partial charge on any atom is 0.0650 e. The third kappa shape index (κ3) is 2.69. The first-order chi connectivity index (χ1) is 9.33. The Morgan fingerprint density at radius 3 is 2.63 bits per heavy atom. The van der Waals surface area contributed by atoms with Gasteiger partial charge in [0.1, 0.15) is 0 Å².